The topological polar surface area (TPSA) is 78.5 Å². The van der Waals surface area contributed by atoms with Crippen molar-refractivity contribution in [1.29, 1.82) is 0 Å². The van der Waals surface area contributed by atoms with E-state index in [1.165, 1.54) is 23.3 Å². The molecule has 1 saturated heterocycles. The molecule has 6 nitrogen and oxygen atoms in total. The highest BCUT2D eigenvalue weighted by Crippen LogP contribution is 2.23. The molecule has 0 aromatic heterocycles. The summed E-state index contributed by atoms with van der Waals surface area (Å²) in [6, 6.07) is 22.0. The number of carbonyl (C=O) groups is 1. The zero-order chi connectivity index (χ0) is 24.1. The average Bonchev–Trinajstić information content (AvgIpc) is 2.80. The molecule has 0 radical (unpaired) electrons. The number of rotatable bonds is 7. The molecule has 3 aromatic carbocycles. The molecule has 1 fully saturated rings. The first kappa shape index (κ1) is 24.0. The minimum absolute atomic E-state index is 0.0105. The first-order valence-electron chi connectivity index (χ1n) is 11.6. The number of nitrogens with zero attached hydrogens (tertiary/aromatic N) is 1. The van der Waals surface area contributed by atoms with Crippen LogP contribution in [0.2, 0.25) is 0 Å². The molecule has 1 aliphatic heterocycles. The summed E-state index contributed by atoms with van der Waals surface area (Å²) in [6.07, 6.45) is 1.62. The van der Waals surface area contributed by atoms with Crippen LogP contribution in [0.3, 0.4) is 0 Å². The number of aryl methyl sites for hydroxylation is 2. The number of hydrogen-bond donors (Lipinski definition) is 2. The lowest BCUT2D eigenvalue weighted by Gasteiger charge is -2.31. The van der Waals surface area contributed by atoms with Gasteiger partial charge in [0, 0.05) is 23.8 Å². The van der Waals surface area contributed by atoms with Crippen LogP contribution in [0.15, 0.2) is 77.7 Å². The van der Waals surface area contributed by atoms with Crippen LogP contribution >= 0.6 is 0 Å². The summed E-state index contributed by atoms with van der Waals surface area (Å²) in [5.41, 5.74) is 4.65. The third-order valence-corrected chi connectivity index (χ3v) is 7.55. The smallest absolute Gasteiger partial charge is 0.261 e. The van der Waals surface area contributed by atoms with Crippen molar-refractivity contribution >= 4 is 27.3 Å². The van der Waals surface area contributed by atoms with Gasteiger partial charge in [-0.3, -0.25) is 14.4 Å². The van der Waals surface area contributed by atoms with Gasteiger partial charge in [0.2, 0.25) is 5.91 Å². The van der Waals surface area contributed by atoms with Gasteiger partial charge in [-0.05, 0) is 87.3 Å². The number of amides is 1. The Labute approximate surface area is 202 Å². The molecule has 178 valence electrons. The Balaban J connectivity index is 1.30. The fourth-order valence-electron chi connectivity index (χ4n) is 4.31. The van der Waals surface area contributed by atoms with Crippen LogP contribution in [-0.2, 0) is 21.4 Å². The Bertz CT molecular complexity index is 1250. The minimum atomic E-state index is -3.70. The molecule has 1 heterocycles. The van der Waals surface area contributed by atoms with Gasteiger partial charge in [-0.15, -0.1) is 0 Å². The van der Waals surface area contributed by atoms with Gasteiger partial charge in [-0.2, -0.15) is 0 Å². The maximum absolute atomic E-state index is 12.8. The van der Waals surface area contributed by atoms with Crippen LogP contribution in [0.5, 0.6) is 0 Å². The number of nitrogens with one attached hydrogen (secondary N) is 2. The largest absolute Gasteiger partial charge is 0.326 e. The lowest BCUT2D eigenvalue weighted by molar-refractivity contribution is -0.121. The molecule has 0 aliphatic carbocycles. The number of anilines is 2. The van der Waals surface area contributed by atoms with Gasteiger partial charge >= 0.3 is 0 Å². The normalized spacial score (nSPS) is 15.1. The van der Waals surface area contributed by atoms with E-state index in [-0.39, 0.29) is 16.7 Å². The fourth-order valence-corrected chi connectivity index (χ4v) is 5.36. The molecule has 0 unspecified atom stereocenters. The molecular weight excluding hydrogens is 446 g/mol. The van der Waals surface area contributed by atoms with E-state index in [1.807, 2.05) is 13.0 Å². The van der Waals surface area contributed by atoms with Gasteiger partial charge in [-0.1, -0.05) is 42.0 Å². The summed E-state index contributed by atoms with van der Waals surface area (Å²) < 4.78 is 27.9. The quantitative estimate of drug-likeness (QED) is 0.504. The van der Waals surface area contributed by atoms with Crippen molar-refractivity contribution in [2.45, 2.75) is 38.1 Å². The maximum Gasteiger partial charge on any atom is 0.261 e. The second-order valence-corrected chi connectivity index (χ2v) is 10.7. The highest BCUT2D eigenvalue weighted by molar-refractivity contribution is 7.92. The number of hydrogen-bond acceptors (Lipinski definition) is 4. The number of likely N-dealkylation sites (tertiary alicyclic amines) is 1. The highest BCUT2D eigenvalue weighted by Gasteiger charge is 2.25. The predicted molar refractivity (Wildman–Crippen MR) is 136 cm³/mol. The predicted octanol–water partition coefficient (Wildman–Crippen LogP) is 4.95. The van der Waals surface area contributed by atoms with Crippen LogP contribution < -0.4 is 10.0 Å². The Morgan fingerprint density at radius 3 is 2.18 bits per heavy atom. The fraction of sp³-hybridized carbons (Fsp3) is 0.296. The molecule has 0 spiro atoms. The van der Waals surface area contributed by atoms with Crippen LogP contribution in [0, 0.1) is 19.8 Å². The molecule has 4 rings (SSSR count). The molecule has 3 aromatic rings. The summed E-state index contributed by atoms with van der Waals surface area (Å²) in [5.74, 6) is -0.0520. The molecule has 0 atom stereocenters. The van der Waals surface area contributed by atoms with Crippen molar-refractivity contribution in [3.63, 3.8) is 0 Å². The molecule has 0 saturated carbocycles. The standard InChI is InChI=1S/C27H31N3O3S/c1-20-5-3-7-22(17-20)19-30-15-13-23(14-16-30)27(31)28-24-9-11-26(12-10-24)34(32,33)29-25-8-4-6-21(2)18-25/h3-12,17-18,23,29H,13-16,19H2,1-2H3,(H,28,31). The summed E-state index contributed by atoms with van der Waals surface area (Å²) >= 11 is 0. The van der Waals surface area contributed by atoms with Gasteiger partial charge in [0.05, 0.1) is 4.90 Å². The monoisotopic (exact) mass is 477 g/mol. The number of piperidine rings is 1. The van der Waals surface area contributed by atoms with E-state index in [0.717, 1.165) is 38.0 Å². The van der Waals surface area contributed by atoms with Gasteiger partial charge in [-0.25, -0.2) is 8.42 Å². The summed E-state index contributed by atoms with van der Waals surface area (Å²) in [5, 5.41) is 2.95. The van der Waals surface area contributed by atoms with Crippen molar-refractivity contribution < 1.29 is 13.2 Å². The van der Waals surface area contributed by atoms with Crippen LogP contribution in [0.25, 0.3) is 0 Å². The molecule has 2 N–H and O–H groups in total. The highest BCUT2D eigenvalue weighted by atomic mass is 32.2. The van der Waals surface area contributed by atoms with E-state index in [1.54, 1.807) is 30.3 Å². The molecule has 7 heteroatoms. The van der Waals surface area contributed by atoms with Crippen LogP contribution in [-0.4, -0.2) is 32.3 Å². The zero-order valence-corrected chi connectivity index (χ0v) is 20.4. The van der Waals surface area contributed by atoms with Crippen molar-refractivity contribution in [2.75, 3.05) is 23.1 Å². The van der Waals surface area contributed by atoms with E-state index in [2.05, 4.69) is 46.1 Å². The first-order valence-corrected chi connectivity index (χ1v) is 13.1. The van der Waals surface area contributed by atoms with Crippen molar-refractivity contribution in [2.24, 2.45) is 5.92 Å². The second kappa shape index (κ2) is 10.4. The van der Waals surface area contributed by atoms with E-state index in [0.29, 0.717) is 11.4 Å². The summed E-state index contributed by atoms with van der Waals surface area (Å²) in [7, 11) is -3.70. The maximum atomic E-state index is 12.8. The Kier molecular flexibility index (Phi) is 7.34. The van der Waals surface area contributed by atoms with E-state index in [4.69, 9.17) is 0 Å². The van der Waals surface area contributed by atoms with Crippen molar-refractivity contribution in [3.05, 3.63) is 89.5 Å². The molecule has 1 aliphatic rings. The Hall–Kier alpha value is -3.16. The number of benzene rings is 3. The summed E-state index contributed by atoms with van der Waals surface area (Å²) in [4.78, 5) is 15.3. The third-order valence-electron chi connectivity index (χ3n) is 6.15. The van der Waals surface area contributed by atoms with Crippen molar-refractivity contribution in [1.82, 2.24) is 4.90 Å². The minimum Gasteiger partial charge on any atom is -0.326 e. The lowest BCUT2D eigenvalue weighted by atomic mass is 9.95. The van der Waals surface area contributed by atoms with Gasteiger partial charge in [0.1, 0.15) is 0 Å². The van der Waals surface area contributed by atoms with Crippen LogP contribution in [0.1, 0.15) is 29.5 Å². The van der Waals surface area contributed by atoms with Crippen molar-refractivity contribution in [3.8, 4) is 0 Å². The Morgan fingerprint density at radius 1 is 0.882 bits per heavy atom. The zero-order valence-electron chi connectivity index (χ0n) is 19.6. The lowest BCUT2D eigenvalue weighted by Crippen LogP contribution is -2.37. The van der Waals surface area contributed by atoms with Gasteiger partial charge in [0.25, 0.3) is 10.0 Å². The van der Waals surface area contributed by atoms with Crippen LogP contribution in [0.4, 0.5) is 11.4 Å². The Morgan fingerprint density at radius 2 is 1.53 bits per heavy atom. The van der Waals surface area contributed by atoms with E-state index in [9.17, 15) is 13.2 Å². The number of carbonyl (C=O) groups excluding carboxylic acids is 1. The van der Waals surface area contributed by atoms with Gasteiger partial charge in [0.15, 0.2) is 0 Å². The SMILES string of the molecule is Cc1cccc(CN2CCC(C(=O)Nc3ccc(S(=O)(=O)Nc4cccc(C)c4)cc3)CC2)c1. The van der Waals surface area contributed by atoms with E-state index >= 15 is 0 Å². The first-order chi connectivity index (χ1) is 16.3. The third kappa shape index (κ3) is 6.24. The van der Waals surface area contributed by atoms with E-state index < -0.39 is 10.0 Å². The van der Waals surface area contributed by atoms with Gasteiger partial charge < -0.3 is 5.32 Å². The molecule has 0 bridgehead atoms. The molecule has 1 amide bonds. The molecule has 34 heavy (non-hydrogen) atoms. The average molecular weight is 478 g/mol. The number of sulfonamides is 1. The second-order valence-electron chi connectivity index (χ2n) is 9.03. The molecular formula is C27H31N3O3S. The summed E-state index contributed by atoms with van der Waals surface area (Å²) in [6.45, 7) is 6.68.